The fourth-order valence-corrected chi connectivity index (χ4v) is 4.73. The van der Waals surface area contributed by atoms with E-state index in [0.29, 0.717) is 12.5 Å². The zero-order chi connectivity index (χ0) is 11.8. The molecule has 2 aliphatic rings. The van der Waals surface area contributed by atoms with Crippen LogP contribution in [0.15, 0.2) is 6.07 Å². The molecule has 0 radical (unpaired) electrons. The Morgan fingerprint density at radius 2 is 2.18 bits per heavy atom. The molecule has 3 N–H and O–H groups in total. The van der Waals surface area contributed by atoms with E-state index in [0.717, 1.165) is 28.0 Å². The van der Waals surface area contributed by atoms with Crippen LogP contribution in [0.2, 0.25) is 4.71 Å². The average Bonchev–Trinajstić information content (AvgIpc) is 2.97. The zero-order valence-corrected chi connectivity index (χ0v) is 11.7. The molecule has 1 aromatic heterocycles. The van der Waals surface area contributed by atoms with Gasteiger partial charge in [0, 0.05) is 0 Å². The number of hydrogen-bond donors (Lipinski definition) is 2. The normalized spacial score (nSPS) is 25.0. The van der Waals surface area contributed by atoms with Crippen LogP contribution >= 0.6 is 0 Å². The third-order valence-electron chi connectivity index (χ3n) is 3.15. The van der Waals surface area contributed by atoms with Gasteiger partial charge in [-0.3, -0.25) is 0 Å². The molecule has 2 heterocycles. The third-order valence-corrected chi connectivity index (χ3v) is 6.37. The van der Waals surface area contributed by atoms with E-state index in [1.807, 2.05) is 0 Å². The van der Waals surface area contributed by atoms with Gasteiger partial charge in [0.05, 0.1) is 0 Å². The molecule has 1 aromatic rings. The Morgan fingerprint density at radius 1 is 1.35 bits per heavy atom. The van der Waals surface area contributed by atoms with Crippen LogP contribution in [0.1, 0.15) is 19.3 Å². The van der Waals surface area contributed by atoms with Crippen molar-refractivity contribution in [2.24, 2.45) is 0 Å². The molecule has 1 aliphatic heterocycles. The predicted octanol–water partition coefficient (Wildman–Crippen LogP) is -0.726. The van der Waals surface area contributed by atoms with E-state index in [-0.39, 0.29) is 21.9 Å². The van der Waals surface area contributed by atoms with Crippen molar-refractivity contribution in [3.63, 3.8) is 0 Å². The van der Waals surface area contributed by atoms with Crippen LogP contribution in [0, 0.1) is 0 Å². The van der Waals surface area contributed by atoms with Crippen molar-refractivity contribution in [2.75, 3.05) is 23.7 Å². The SMILES string of the molecule is Nc1nc([AsH]C2CC2)cc(N2CC[C@H](O)C2)n1. The van der Waals surface area contributed by atoms with Crippen molar-refractivity contribution >= 4 is 32.0 Å². The Kier molecular flexibility index (Phi) is 2.97. The molecular formula is C11H17AsN4O. The molecule has 1 saturated carbocycles. The minimum atomic E-state index is -0.228. The van der Waals surface area contributed by atoms with Gasteiger partial charge in [-0.05, 0) is 0 Å². The Labute approximate surface area is 107 Å². The van der Waals surface area contributed by atoms with Crippen LogP contribution in [0.3, 0.4) is 0 Å². The van der Waals surface area contributed by atoms with Gasteiger partial charge in [0.15, 0.2) is 0 Å². The Balaban J connectivity index is 1.80. The molecule has 1 unspecified atom stereocenters. The van der Waals surface area contributed by atoms with Crippen molar-refractivity contribution in [2.45, 2.75) is 30.1 Å². The van der Waals surface area contributed by atoms with Gasteiger partial charge in [0.2, 0.25) is 0 Å². The van der Waals surface area contributed by atoms with Crippen molar-refractivity contribution in [3.05, 3.63) is 6.07 Å². The molecule has 0 aromatic carbocycles. The van der Waals surface area contributed by atoms with E-state index < -0.39 is 0 Å². The second kappa shape index (κ2) is 4.46. The molecular weight excluding hydrogens is 279 g/mol. The summed E-state index contributed by atoms with van der Waals surface area (Å²) in [7, 11) is 0. The number of aliphatic hydroxyl groups is 1. The van der Waals surface area contributed by atoms with E-state index in [1.165, 1.54) is 12.8 Å². The first-order valence-corrected chi connectivity index (χ1v) is 8.31. The van der Waals surface area contributed by atoms with Crippen LogP contribution in [0.4, 0.5) is 11.8 Å². The first-order valence-electron chi connectivity index (χ1n) is 6.05. The van der Waals surface area contributed by atoms with E-state index in [9.17, 15) is 5.11 Å². The summed E-state index contributed by atoms with van der Waals surface area (Å²) < 4.78 is 2.08. The number of aromatic nitrogens is 2. The van der Waals surface area contributed by atoms with Gasteiger partial charge in [-0.2, -0.15) is 0 Å². The summed E-state index contributed by atoms with van der Waals surface area (Å²) in [5.74, 6) is 1.27. The Morgan fingerprint density at radius 3 is 2.82 bits per heavy atom. The number of rotatable bonds is 3. The van der Waals surface area contributed by atoms with Gasteiger partial charge in [0.25, 0.3) is 0 Å². The summed E-state index contributed by atoms with van der Waals surface area (Å²) >= 11 is -0.141. The number of aliphatic hydroxyl groups excluding tert-OH is 1. The maximum atomic E-state index is 9.55. The standard InChI is InChI=1S/C11H17AsN4O/c13-11-14-9(12-7-1-2-7)5-10(15-11)16-4-3-8(17)6-16/h5,7-8,12,17H,1-4,6H2,(H2,13,14,15)/t8-/m0/s1. The molecule has 0 bridgehead atoms. The number of nitrogens with zero attached hydrogens (tertiary/aromatic N) is 3. The Hall–Kier alpha value is -0.802. The summed E-state index contributed by atoms with van der Waals surface area (Å²) in [4.78, 5) is 10.7. The van der Waals surface area contributed by atoms with Gasteiger partial charge in [-0.15, -0.1) is 0 Å². The monoisotopic (exact) mass is 296 g/mol. The summed E-state index contributed by atoms with van der Waals surface area (Å²) in [5.41, 5.74) is 5.77. The zero-order valence-electron chi connectivity index (χ0n) is 9.63. The van der Waals surface area contributed by atoms with Crippen LogP contribution < -0.4 is 15.1 Å². The van der Waals surface area contributed by atoms with Crippen molar-refractivity contribution in [3.8, 4) is 0 Å². The number of β-amino-alcohol motifs (C(OH)–C–C–N with tert-alkyl or cyclic N) is 1. The maximum absolute atomic E-state index is 9.55. The molecule has 6 heteroatoms. The number of anilines is 2. The van der Waals surface area contributed by atoms with Gasteiger partial charge in [-0.25, -0.2) is 0 Å². The Bertz CT molecular complexity index is 424. The molecule has 92 valence electrons. The topological polar surface area (TPSA) is 75.3 Å². The van der Waals surface area contributed by atoms with Gasteiger partial charge < -0.3 is 0 Å². The third kappa shape index (κ3) is 2.72. The molecule has 0 amide bonds. The van der Waals surface area contributed by atoms with Crippen molar-refractivity contribution in [1.29, 1.82) is 0 Å². The average molecular weight is 296 g/mol. The van der Waals surface area contributed by atoms with Crippen LogP contribution in [0.5, 0.6) is 0 Å². The number of hydrogen-bond acceptors (Lipinski definition) is 5. The van der Waals surface area contributed by atoms with E-state index in [4.69, 9.17) is 5.73 Å². The minimum absolute atomic E-state index is 0.141. The predicted molar refractivity (Wildman–Crippen MR) is 69.0 cm³/mol. The van der Waals surface area contributed by atoms with Gasteiger partial charge in [0.1, 0.15) is 0 Å². The molecule has 0 spiro atoms. The summed E-state index contributed by atoms with van der Waals surface area (Å²) in [6.45, 7) is 1.53. The van der Waals surface area contributed by atoms with Crippen LogP contribution in [0.25, 0.3) is 0 Å². The molecule has 2 atom stereocenters. The fourth-order valence-electron chi connectivity index (χ4n) is 2.08. The summed E-state index contributed by atoms with van der Waals surface area (Å²) in [5, 5.41) is 9.55. The molecule has 1 saturated heterocycles. The quantitative estimate of drug-likeness (QED) is 0.720. The van der Waals surface area contributed by atoms with Crippen LogP contribution in [-0.4, -0.2) is 50.0 Å². The second-order valence-electron chi connectivity index (χ2n) is 4.78. The summed E-state index contributed by atoms with van der Waals surface area (Å²) in [6.07, 6.45) is 3.32. The fraction of sp³-hybridized carbons (Fsp3) is 0.636. The van der Waals surface area contributed by atoms with Crippen molar-refractivity contribution in [1.82, 2.24) is 9.97 Å². The molecule has 2 fully saturated rings. The van der Waals surface area contributed by atoms with Crippen molar-refractivity contribution < 1.29 is 5.11 Å². The molecule has 17 heavy (non-hydrogen) atoms. The molecule has 3 rings (SSSR count). The van der Waals surface area contributed by atoms with Gasteiger partial charge >= 0.3 is 107 Å². The second-order valence-corrected chi connectivity index (χ2v) is 8.17. The van der Waals surface area contributed by atoms with E-state index in [2.05, 4.69) is 20.9 Å². The molecule has 1 aliphatic carbocycles. The van der Waals surface area contributed by atoms with E-state index >= 15 is 0 Å². The van der Waals surface area contributed by atoms with Gasteiger partial charge in [-0.1, -0.05) is 0 Å². The first kappa shape index (κ1) is 11.3. The summed E-state index contributed by atoms with van der Waals surface area (Å²) in [6, 6.07) is 2.08. The number of nitrogens with two attached hydrogens (primary N) is 1. The first-order chi connectivity index (χ1) is 8.20. The number of nitrogen functional groups attached to an aromatic ring is 1. The molecule has 5 nitrogen and oxygen atoms in total. The van der Waals surface area contributed by atoms with Crippen LogP contribution in [-0.2, 0) is 0 Å². The van der Waals surface area contributed by atoms with E-state index in [1.54, 1.807) is 0 Å².